The fourth-order valence-corrected chi connectivity index (χ4v) is 3.28. The van der Waals surface area contributed by atoms with Crippen LogP contribution in [-0.2, 0) is 4.79 Å². The van der Waals surface area contributed by atoms with Crippen molar-refractivity contribution in [2.24, 2.45) is 0 Å². The van der Waals surface area contributed by atoms with Gasteiger partial charge in [-0.1, -0.05) is 0 Å². The summed E-state index contributed by atoms with van der Waals surface area (Å²) < 4.78 is 11.1. The number of nitrogens with zero attached hydrogens (tertiary/aromatic N) is 1. The highest BCUT2D eigenvalue weighted by Crippen LogP contribution is 2.28. The summed E-state index contributed by atoms with van der Waals surface area (Å²) in [5.74, 6) is 0.633. The van der Waals surface area contributed by atoms with Crippen molar-refractivity contribution in [3.8, 4) is 11.5 Å². The quantitative estimate of drug-likeness (QED) is 0.703. The Morgan fingerprint density at radius 3 is 2.57 bits per heavy atom. The first-order chi connectivity index (χ1) is 13.6. The number of carbonyl (C=O) groups excluding carboxylic acids is 2. The normalized spacial score (nSPS) is 13.3. The molecule has 0 saturated carbocycles. The van der Waals surface area contributed by atoms with Gasteiger partial charge in [0.1, 0.15) is 6.29 Å². The average molecular weight is 382 g/mol. The number of amides is 1. The van der Waals surface area contributed by atoms with E-state index in [-0.39, 0.29) is 12.5 Å². The van der Waals surface area contributed by atoms with Gasteiger partial charge in [0, 0.05) is 30.0 Å². The second-order valence-corrected chi connectivity index (χ2v) is 6.79. The van der Waals surface area contributed by atoms with Gasteiger partial charge in [-0.15, -0.1) is 0 Å². The van der Waals surface area contributed by atoms with E-state index in [0.29, 0.717) is 23.7 Å². The van der Waals surface area contributed by atoms with Crippen LogP contribution in [0, 0.1) is 6.92 Å². The summed E-state index contributed by atoms with van der Waals surface area (Å²) >= 11 is 0. The standard InChI is InChI=1S/C22H26N2O4/c1-3-27-21-13-17(14-25)6-9-20(21)28-15-22(26)23-19-8-7-18(12-16(19)2)24-10-4-5-11-24/h6-9,12-14H,3-5,10-11,15H2,1-2H3,(H,23,26). The third kappa shape index (κ3) is 4.82. The van der Waals surface area contributed by atoms with Crippen LogP contribution in [0.4, 0.5) is 11.4 Å². The Bertz CT molecular complexity index is 844. The summed E-state index contributed by atoms with van der Waals surface area (Å²) in [6, 6.07) is 11.0. The van der Waals surface area contributed by atoms with Gasteiger partial charge in [-0.2, -0.15) is 0 Å². The van der Waals surface area contributed by atoms with E-state index in [0.717, 1.165) is 30.6 Å². The molecule has 0 radical (unpaired) electrons. The molecule has 1 saturated heterocycles. The second-order valence-electron chi connectivity index (χ2n) is 6.79. The zero-order valence-electron chi connectivity index (χ0n) is 16.4. The topological polar surface area (TPSA) is 67.9 Å². The van der Waals surface area contributed by atoms with Crippen molar-refractivity contribution in [2.45, 2.75) is 26.7 Å². The zero-order chi connectivity index (χ0) is 19.9. The summed E-state index contributed by atoms with van der Waals surface area (Å²) in [5.41, 5.74) is 3.48. The molecule has 1 fully saturated rings. The maximum Gasteiger partial charge on any atom is 0.262 e. The molecule has 1 aliphatic rings. The molecule has 2 aromatic rings. The Morgan fingerprint density at radius 1 is 1.11 bits per heavy atom. The molecule has 0 unspecified atom stereocenters. The number of anilines is 2. The Hall–Kier alpha value is -3.02. The lowest BCUT2D eigenvalue weighted by atomic mass is 10.1. The SMILES string of the molecule is CCOc1cc(C=O)ccc1OCC(=O)Nc1ccc(N2CCCC2)cc1C. The summed E-state index contributed by atoms with van der Waals surface area (Å²) in [7, 11) is 0. The van der Waals surface area contributed by atoms with E-state index in [1.807, 2.05) is 26.0 Å². The lowest BCUT2D eigenvalue weighted by Crippen LogP contribution is -2.21. The molecule has 6 heteroatoms. The van der Waals surface area contributed by atoms with Crippen LogP contribution in [0.25, 0.3) is 0 Å². The first kappa shape index (κ1) is 19.7. The molecule has 1 N–H and O–H groups in total. The third-order valence-corrected chi connectivity index (χ3v) is 4.72. The minimum Gasteiger partial charge on any atom is -0.490 e. The van der Waals surface area contributed by atoms with Crippen LogP contribution in [0.15, 0.2) is 36.4 Å². The number of aryl methyl sites for hydroxylation is 1. The number of ether oxygens (including phenoxy) is 2. The second kappa shape index (κ2) is 9.26. The van der Waals surface area contributed by atoms with E-state index in [1.165, 1.54) is 18.5 Å². The van der Waals surface area contributed by atoms with E-state index in [4.69, 9.17) is 9.47 Å². The minimum absolute atomic E-state index is 0.145. The van der Waals surface area contributed by atoms with Gasteiger partial charge in [0.25, 0.3) is 5.91 Å². The van der Waals surface area contributed by atoms with E-state index in [2.05, 4.69) is 16.3 Å². The van der Waals surface area contributed by atoms with E-state index < -0.39 is 0 Å². The molecular weight excluding hydrogens is 356 g/mol. The predicted octanol–water partition coefficient (Wildman–Crippen LogP) is 3.82. The average Bonchev–Trinajstić information content (AvgIpc) is 3.23. The highest BCUT2D eigenvalue weighted by atomic mass is 16.5. The third-order valence-electron chi connectivity index (χ3n) is 4.72. The fourth-order valence-electron chi connectivity index (χ4n) is 3.28. The number of aldehydes is 1. The first-order valence-electron chi connectivity index (χ1n) is 9.61. The molecule has 0 aliphatic carbocycles. The van der Waals surface area contributed by atoms with Crippen LogP contribution in [0.5, 0.6) is 11.5 Å². The van der Waals surface area contributed by atoms with Crippen molar-refractivity contribution in [3.05, 3.63) is 47.5 Å². The van der Waals surface area contributed by atoms with E-state index in [1.54, 1.807) is 18.2 Å². The van der Waals surface area contributed by atoms with Gasteiger partial charge in [0.05, 0.1) is 6.61 Å². The monoisotopic (exact) mass is 382 g/mol. The molecule has 0 spiro atoms. The van der Waals surface area contributed by atoms with Gasteiger partial charge < -0.3 is 19.7 Å². The van der Waals surface area contributed by atoms with Crippen molar-refractivity contribution in [1.29, 1.82) is 0 Å². The van der Waals surface area contributed by atoms with Crippen molar-refractivity contribution in [1.82, 2.24) is 0 Å². The minimum atomic E-state index is -0.251. The molecule has 1 aliphatic heterocycles. The van der Waals surface area contributed by atoms with Gasteiger partial charge in [-0.25, -0.2) is 0 Å². The van der Waals surface area contributed by atoms with Gasteiger partial charge >= 0.3 is 0 Å². The fraction of sp³-hybridized carbons (Fsp3) is 0.364. The number of benzene rings is 2. The van der Waals surface area contributed by atoms with Crippen molar-refractivity contribution in [2.75, 3.05) is 36.5 Å². The Balaban J connectivity index is 1.60. The van der Waals surface area contributed by atoms with Crippen LogP contribution in [0.2, 0.25) is 0 Å². The number of rotatable bonds is 8. The first-order valence-corrected chi connectivity index (χ1v) is 9.61. The Kier molecular flexibility index (Phi) is 6.53. The molecule has 0 aromatic heterocycles. The van der Waals surface area contributed by atoms with Gasteiger partial charge in [-0.05, 0) is 68.7 Å². The van der Waals surface area contributed by atoms with Crippen LogP contribution >= 0.6 is 0 Å². The summed E-state index contributed by atoms with van der Waals surface area (Å²) in [5, 5.41) is 2.89. The lowest BCUT2D eigenvalue weighted by Gasteiger charge is -2.19. The van der Waals surface area contributed by atoms with Crippen LogP contribution in [0.3, 0.4) is 0 Å². The van der Waals surface area contributed by atoms with Crippen LogP contribution < -0.4 is 19.7 Å². The van der Waals surface area contributed by atoms with Gasteiger partial charge in [0.15, 0.2) is 18.1 Å². The molecule has 6 nitrogen and oxygen atoms in total. The molecular formula is C22H26N2O4. The van der Waals surface area contributed by atoms with Crippen LogP contribution in [0.1, 0.15) is 35.7 Å². The number of hydrogen-bond acceptors (Lipinski definition) is 5. The highest BCUT2D eigenvalue weighted by molar-refractivity contribution is 5.93. The summed E-state index contributed by atoms with van der Waals surface area (Å²) in [4.78, 5) is 25.6. The molecule has 0 atom stereocenters. The Labute approximate surface area is 165 Å². The maximum absolute atomic E-state index is 12.3. The lowest BCUT2D eigenvalue weighted by molar-refractivity contribution is -0.118. The molecule has 28 heavy (non-hydrogen) atoms. The smallest absolute Gasteiger partial charge is 0.262 e. The van der Waals surface area contributed by atoms with E-state index >= 15 is 0 Å². The Morgan fingerprint density at radius 2 is 1.89 bits per heavy atom. The molecule has 148 valence electrons. The summed E-state index contributed by atoms with van der Waals surface area (Å²) in [6.07, 6.45) is 3.20. The highest BCUT2D eigenvalue weighted by Gasteiger charge is 2.14. The van der Waals surface area contributed by atoms with Gasteiger partial charge in [-0.3, -0.25) is 9.59 Å². The van der Waals surface area contributed by atoms with Crippen molar-refractivity contribution >= 4 is 23.6 Å². The largest absolute Gasteiger partial charge is 0.490 e. The molecule has 1 heterocycles. The number of carbonyl (C=O) groups is 2. The molecule has 1 amide bonds. The summed E-state index contributed by atoms with van der Waals surface area (Å²) in [6.45, 7) is 6.30. The maximum atomic E-state index is 12.3. The molecule has 0 bridgehead atoms. The predicted molar refractivity (Wildman–Crippen MR) is 110 cm³/mol. The zero-order valence-corrected chi connectivity index (χ0v) is 16.4. The van der Waals surface area contributed by atoms with Crippen molar-refractivity contribution < 1.29 is 19.1 Å². The molecule has 2 aromatic carbocycles. The van der Waals surface area contributed by atoms with E-state index in [9.17, 15) is 9.59 Å². The number of hydrogen-bond donors (Lipinski definition) is 1. The van der Waals surface area contributed by atoms with Crippen LogP contribution in [-0.4, -0.2) is 38.5 Å². The van der Waals surface area contributed by atoms with Crippen molar-refractivity contribution in [3.63, 3.8) is 0 Å². The van der Waals surface area contributed by atoms with Gasteiger partial charge in [0.2, 0.25) is 0 Å². The number of nitrogens with one attached hydrogen (secondary N) is 1. The molecule has 3 rings (SSSR count).